The first-order valence-corrected chi connectivity index (χ1v) is 6.11. The highest BCUT2D eigenvalue weighted by atomic mass is 15.3. The molecule has 0 saturated carbocycles. The van der Waals surface area contributed by atoms with E-state index in [0.717, 1.165) is 36.6 Å². The quantitative estimate of drug-likeness (QED) is 0.583. The molecule has 0 aliphatic carbocycles. The van der Waals surface area contributed by atoms with Gasteiger partial charge in [0.15, 0.2) is 0 Å². The second-order valence-corrected chi connectivity index (χ2v) is 4.69. The van der Waals surface area contributed by atoms with Crippen molar-refractivity contribution in [1.29, 1.82) is 0 Å². The zero-order valence-corrected chi connectivity index (χ0v) is 11.2. The number of nitrogens with one attached hydrogen (secondary N) is 1. The van der Waals surface area contributed by atoms with E-state index in [0.29, 0.717) is 5.92 Å². The molecule has 0 spiro atoms. The summed E-state index contributed by atoms with van der Waals surface area (Å²) >= 11 is 0. The fourth-order valence-corrected chi connectivity index (χ4v) is 1.97. The highest BCUT2D eigenvalue weighted by Crippen LogP contribution is 2.24. The summed E-state index contributed by atoms with van der Waals surface area (Å²) in [6, 6.07) is 0. The molecule has 0 unspecified atom stereocenters. The molecule has 1 heterocycles. The topological polar surface area (TPSA) is 67.1 Å². The van der Waals surface area contributed by atoms with Gasteiger partial charge in [-0.05, 0) is 12.3 Å². The second-order valence-electron chi connectivity index (χ2n) is 4.69. The largest absolute Gasteiger partial charge is 0.359 e. The van der Waals surface area contributed by atoms with Crippen molar-refractivity contribution in [2.24, 2.45) is 11.8 Å². The molecular formula is C12H23N5. The lowest BCUT2D eigenvalue weighted by molar-refractivity contribution is 0.632. The number of rotatable bonds is 6. The van der Waals surface area contributed by atoms with Crippen molar-refractivity contribution in [3.8, 4) is 0 Å². The monoisotopic (exact) mass is 237 g/mol. The van der Waals surface area contributed by atoms with Crippen LogP contribution in [0.1, 0.15) is 32.8 Å². The fraction of sp³-hybridized carbons (Fsp3) is 0.667. The number of nitrogen functional groups attached to an aromatic ring is 1. The van der Waals surface area contributed by atoms with Crippen molar-refractivity contribution in [1.82, 2.24) is 9.97 Å². The zero-order valence-electron chi connectivity index (χ0n) is 11.2. The average molecular weight is 237 g/mol. The number of nitrogens with two attached hydrogens (primary N) is 1. The van der Waals surface area contributed by atoms with E-state index in [4.69, 9.17) is 5.84 Å². The standard InChI is InChI=1S/C12H23N5/c1-5-6-10-11(16-13)14-8-15-12(10)17(4)7-9(2)3/h8-9H,5-7,13H2,1-4H3,(H,14,15,16). The van der Waals surface area contributed by atoms with Gasteiger partial charge in [-0.15, -0.1) is 0 Å². The summed E-state index contributed by atoms with van der Waals surface area (Å²) in [5, 5.41) is 0. The lowest BCUT2D eigenvalue weighted by Crippen LogP contribution is -2.26. The van der Waals surface area contributed by atoms with Crippen LogP contribution >= 0.6 is 0 Å². The Hall–Kier alpha value is -1.36. The first kappa shape index (κ1) is 13.7. The molecule has 0 bridgehead atoms. The van der Waals surface area contributed by atoms with E-state index in [-0.39, 0.29) is 0 Å². The van der Waals surface area contributed by atoms with Crippen molar-refractivity contribution >= 4 is 11.6 Å². The van der Waals surface area contributed by atoms with E-state index < -0.39 is 0 Å². The summed E-state index contributed by atoms with van der Waals surface area (Å²) in [4.78, 5) is 10.7. The van der Waals surface area contributed by atoms with Crippen LogP contribution in [0.3, 0.4) is 0 Å². The van der Waals surface area contributed by atoms with Crippen LogP contribution in [-0.2, 0) is 6.42 Å². The summed E-state index contributed by atoms with van der Waals surface area (Å²) < 4.78 is 0. The van der Waals surface area contributed by atoms with E-state index in [1.54, 1.807) is 6.33 Å². The predicted octanol–water partition coefficient (Wildman–Crippen LogP) is 1.81. The van der Waals surface area contributed by atoms with E-state index in [9.17, 15) is 0 Å². The van der Waals surface area contributed by atoms with Crippen LogP contribution in [0.15, 0.2) is 6.33 Å². The molecule has 17 heavy (non-hydrogen) atoms. The van der Waals surface area contributed by atoms with Gasteiger partial charge in [-0.1, -0.05) is 27.2 Å². The van der Waals surface area contributed by atoms with Gasteiger partial charge < -0.3 is 10.3 Å². The van der Waals surface area contributed by atoms with Crippen LogP contribution in [0.25, 0.3) is 0 Å². The predicted molar refractivity (Wildman–Crippen MR) is 71.9 cm³/mol. The molecule has 1 rings (SSSR count). The third-order valence-electron chi connectivity index (χ3n) is 2.56. The van der Waals surface area contributed by atoms with Crippen molar-refractivity contribution in [3.05, 3.63) is 11.9 Å². The summed E-state index contributed by atoms with van der Waals surface area (Å²) in [6.45, 7) is 7.50. The van der Waals surface area contributed by atoms with Gasteiger partial charge in [0.25, 0.3) is 0 Å². The molecule has 0 radical (unpaired) electrons. The molecule has 0 amide bonds. The highest BCUT2D eigenvalue weighted by molar-refractivity contribution is 5.58. The molecule has 1 aromatic heterocycles. The molecule has 96 valence electrons. The van der Waals surface area contributed by atoms with Crippen molar-refractivity contribution < 1.29 is 0 Å². The van der Waals surface area contributed by atoms with Crippen molar-refractivity contribution in [3.63, 3.8) is 0 Å². The number of nitrogens with zero attached hydrogens (tertiary/aromatic N) is 3. The third kappa shape index (κ3) is 3.56. The minimum Gasteiger partial charge on any atom is -0.359 e. The first-order valence-electron chi connectivity index (χ1n) is 6.11. The molecule has 0 aliphatic rings. The molecule has 0 atom stereocenters. The fourth-order valence-electron chi connectivity index (χ4n) is 1.97. The Kier molecular flexibility index (Phi) is 5.15. The van der Waals surface area contributed by atoms with E-state index in [2.05, 4.69) is 48.1 Å². The Balaban J connectivity index is 3.04. The van der Waals surface area contributed by atoms with Gasteiger partial charge in [-0.3, -0.25) is 0 Å². The summed E-state index contributed by atoms with van der Waals surface area (Å²) in [7, 11) is 2.06. The number of anilines is 2. The van der Waals surface area contributed by atoms with Crippen LogP contribution in [0.5, 0.6) is 0 Å². The SMILES string of the molecule is CCCc1c(NN)ncnc1N(C)CC(C)C. The maximum absolute atomic E-state index is 5.49. The minimum atomic E-state index is 0.596. The molecule has 5 heteroatoms. The van der Waals surface area contributed by atoms with Crippen LogP contribution in [0, 0.1) is 5.92 Å². The van der Waals surface area contributed by atoms with Gasteiger partial charge in [-0.2, -0.15) is 0 Å². The first-order chi connectivity index (χ1) is 8.10. The van der Waals surface area contributed by atoms with Gasteiger partial charge in [0, 0.05) is 19.2 Å². The molecule has 0 saturated heterocycles. The summed E-state index contributed by atoms with van der Waals surface area (Å²) in [6.07, 6.45) is 3.53. The van der Waals surface area contributed by atoms with Crippen LogP contribution in [-0.4, -0.2) is 23.6 Å². The van der Waals surface area contributed by atoms with E-state index >= 15 is 0 Å². The second kappa shape index (κ2) is 6.39. The van der Waals surface area contributed by atoms with Crippen molar-refractivity contribution in [2.45, 2.75) is 33.6 Å². The number of aromatic nitrogens is 2. The molecular weight excluding hydrogens is 214 g/mol. The van der Waals surface area contributed by atoms with Gasteiger partial charge in [-0.25, -0.2) is 15.8 Å². The number of hydrogen-bond acceptors (Lipinski definition) is 5. The maximum atomic E-state index is 5.49. The smallest absolute Gasteiger partial charge is 0.148 e. The van der Waals surface area contributed by atoms with Crippen LogP contribution in [0.2, 0.25) is 0 Å². The summed E-state index contributed by atoms with van der Waals surface area (Å²) in [5.74, 6) is 7.79. The van der Waals surface area contributed by atoms with E-state index in [1.165, 1.54) is 0 Å². The van der Waals surface area contributed by atoms with Crippen LogP contribution < -0.4 is 16.2 Å². The molecule has 1 aromatic rings. The number of hydrogen-bond donors (Lipinski definition) is 2. The van der Waals surface area contributed by atoms with Gasteiger partial charge >= 0.3 is 0 Å². The lowest BCUT2D eigenvalue weighted by Gasteiger charge is -2.23. The zero-order chi connectivity index (χ0) is 12.8. The molecule has 0 fully saturated rings. The molecule has 5 nitrogen and oxygen atoms in total. The Morgan fingerprint density at radius 3 is 2.65 bits per heavy atom. The average Bonchev–Trinajstić information content (AvgIpc) is 2.28. The minimum absolute atomic E-state index is 0.596. The lowest BCUT2D eigenvalue weighted by atomic mass is 10.1. The Morgan fingerprint density at radius 1 is 1.41 bits per heavy atom. The molecule has 0 aromatic carbocycles. The Labute approximate surface area is 103 Å². The maximum Gasteiger partial charge on any atom is 0.148 e. The molecule has 3 N–H and O–H groups in total. The van der Waals surface area contributed by atoms with Crippen molar-refractivity contribution in [2.75, 3.05) is 23.9 Å². The third-order valence-corrected chi connectivity index (χ3v) is 2.56. The molecule has 0 aliphatic heterocycles. The summed E-state index contributed by atoms with van der Waals surface area (Å²) in [5.41, 5.74) is 3.75. The number of hydrazine groups is 1. The van der Waals surface area contributed by atoms with Gasteiger partial charge in [0.2, 0.25) is 0 Å². The normalized spacial score (nSPS) is 10.7. The van der Waals surface area contributed by atoms with E-state index in [1.807, 2.05) is 0 Å². The van der Waals surface area contributed by atoms with Gasteiger partial charge in [0.05, 0.1) is 0 Å². The Bertz CT molecular complexity index is 351. The Morgan fingerprint density at radius 2 is 2.12 bits per heavy atom. The van der Waals surface area contributed by atoms with Gasteiger partial charge in [0.1, 0.15) is 18.0 Å². The highest BCUT2D eigenvalue weighted by Gasteiger charge is 2.14. The van der Waals surface area contributed by atoms with Crippen LogP contribution in [0.4, 0.5) is 11.6 Å².